The zero-order valence-corrected chi connectivity index (χ0v) is 14.5. The van der Waals surface area contributed by atoms with Gasteiger partial charge in [0, 0.05) is 6.20 Å². The van der Waals surface area contributed by atoms with Gasteiger partial charge < -0.3 is 9.47 Å². The molecule has 6 heteroatoms. The predicted molar refractivity (Wildman–Crippen MR) is 92.1 cm³/mol. The molecule has 0 bridgehead atoms. The van der Waals surface area contributed by atoms with Gasteiger partial charge in [0.1, 0.15) is 6.20 Å². The Balaban J connectivity index is 0.00000112. The van der Waals surface area contributed by atoms with Crippen molar-refractivity contribution < 1.29 is 14.4 Å². The molecule has 2 aromatic rings. The molecule has 126 valence electrons. The average molecular weight is 320 g/mol. The van der Waals surface area contributed by atoms with Crippen LogP contribution >= 0.6 is 0 Å². The van der Waals surface area contributed by atoms with E-state index < -0.39 is 4.92 Å². The van der Waals surface area contributed by atoms with Gasteiger partial charge in [0.2, 0.25) is 0 Å². The molecule has 1 heterocycles. The van der Waals surface area contributed by atoms with Crippen LogP contribution in [0.1, 0.15) is 27.7 Å². The van der Waals surface area contributed by atoms with E-state index in [0.717, 1.165) is 0 Å². The molecule has 0 radical (unpaired) electrons. The lowest BCUT2D eigenvalue weighted by Crippen LogP contribution is -1.94. The number of methoxy groups -OCH3 is 2. The summed E-state index contributed by atoms with van der Waals surface area (Å²) in [6, 6.07) is 6.74. The van der Waals surface area contributed by atoms with E-state index in [1.54, 1.807) is 24.3 Å². The molecule has 0 amide bonds. The number of nitro groups is 1. The molecule has 2 rings (SSSR count). The summed E-state index contributed by atoms with van der Waals surface area (Å²) in [7, 11) is 3.05. The van der Waals surface area contributed by atoms with E-state index in [2.05, 4.69) is 4.98 Å². The van der Waals surface area contributed by atoms with Crippen LogP contribution in [0.5, 0.6) is 11.5 Å². The van der Waals surface area contributed by atoms with E-state index in [4.69, 9.17) is 9.47 Å². The van der Waals surface area contributed by atoms with Crippen molar-refractivity contribution in [2.24, 2.45) is 0 Å². The number of aromatic nitrogens is 1. The quantitative estimate of drug-likeness (QED) is 0.601. The van der Waals surface area contributed by atoms with Crippen LogP contribution in [0.15, 0.2) is 36.7 Å². The first-order chi connectivity index (χ1) is 11.2. The van der Waals surface area contributed by atoms with Crippen molar-refractivity contribution >= 4 is 5.69 Å². The highest BCUT2D eigenvalue weighted by Crippen LogP contribution is 2.35. The van der Waals surface area contributed by atoms with Crippen molar-refractivity contribution in [2.45, 2.75) is 27.7 Å². The third-order valence-corrected chi connectivity index (χ3v) is 2.69. The maximum atomic E-state index is 11.0. The van der Waals surface area contributed by atoms with Crippen LogP contribution in [0.3, 0.4) is 0 Å². The SMILES string of the molecule is CC.CC.COc1ccc(-c2ccncc2[N+](=O)[O-])cc1OC. The van der Waals surface area contributed by atoms with Crippen LogP contribution in [-0.2, 0) is 0 Å². The second-order valence-corrected chi connectivity index (χ2v) is 3.72. The molecular formula is C17H24N2O4. The van der Waals surface area contributed by atoms with E-state index in [9.17, 15) is 10.1 Å². The summed E-state index contributed by atoms with van der Waals surface area (Å²) in [5.41, 5.74) is 1.11. The van der Waals surface area contributed by atoms with Gasteiger partial charge in [-0.05, 0) is 23.8 Å². The van der Waals surface area contributed by atoms with Crippen molar-refractivity contribution in [1.29, 1.82) is 0 Å². The lowest BCUT2D eigenvalue weighted by atomic mass is 10.0. The number of benzene rings is 1. The molecule has 0 saturated heterocycles. The third-order valence-electron chi connectivity index (χ3n) is 2.69. The molecule has 1 aromatic heterocycles. The van der Waals surface area contributed by atoms with E-state index in [-0.39, 0.29) is 5.69 Å². The summed E-state index contributed by atoms with van der Waals surface area (Å²) < 4.78 is 10.3. The lowest BCUT2D eigenvalue weighted by molar-refractivity contribution is -0.384. The topological polar surface area (TPSA) is 74.5 Å². The summed E-state index contributed by atoms with van der Waals surface area (Å²) in [6.07, 6.45) is 2.74. The van der Waals surface area contributed by atoms with Crippen molar-refractivity contribution in [3.63, 3.8) is 0 Å². The highest BCUT2D eigenvalue weighted by molar-refractivity contribution is 5.74. The first kappa shape index (κ1) is 20.4. The zero-order valence-electron chi connectivity index (χ0n) is 14.5. The molecule has 0 unspecified atom stereocenters. The maximum absolute atomic E-state index is 11.0. The number of nitrogens with zero attached hydrogens (tertiary/aromatic N) is 2. The maximum Gasteiger partial charge on any atom is 0.295 e. The molecule has 1 aromatic carbocycles. The largest absolute Gasteiger partial charge is 0.493 e. The van der Waals surface area contributed by atoms with Gasteiger partial charge in [-0.3, -0.25) is 15.1 Å². The lowest BCUT2D eigenvalue weighted by Gasteiger charge is -2.09. The van der Waals surface area contributed by atoms with Gasteiger partial charge in [-0.1, -0.05) is 33.8 Å². The standard InChI is InChI=1S/C13H12N2O4.2C2H6/c1-18-12-4-3-9(7-13(12)19-2)10-5-6-14-8-11(10)15(16)17;2*1-2/h3-8H,1-2H3;2*1-2H3. The van der Waals surface area contributed by atoms with Crippen LogP contribution in [0.2, 0.25) is 0 Å². The van der Waals surface area contributed by atoms with Gasteiger partial charge in [0.15, 0.2) is 11.5 Å². The van der Waals surface area contributed by atoms with Gasteiger partial charge in [0.25, 0.3) is 5.69 Å². The van der Waals surface area contributed by atoms with Gasteiger partial charge in [-0.25, -0.2) is 0 Å². The van der Waals surface area contributed by atoms with E-state index >= 15 is 0 Å². The van der Waals surface area contributed by atoms with Gasteiger partial charge in [-0.2, -0.15) is 0 Å². The zero-order chi connectivity index (χ0) is 17.8. The minimum Gasteiger partial charge on any atom is -0.493 e. The highest BCUT2D eigenvalue weighted by Gasteiger charge is 2.16. The van der Waals surface area contributed by atoms with E-state index in [1.165, 1.54) is 26.6 Å². The highest BCUT2D eigenvalue weighted by atomic mass is 16.6. The average Bonchev–Trinajstić information content (AvgIpc) is 2.64. The first-order valence-corrected chi connectivity index (χ1v) is 7.48. The third kappa shape index (κ3) is 5.25. The van der Waals surface area contributed by atoms with Gasteiger partial charge >= 0.3 is 0 Å². The first-order valence-electron chi connectivity index (χ1n) is 7.48. The second kappa shape index (κ2) is 11.0. The Morgan fingerprint density at radius 2 is 1.61 bits per heavy atom. The fraction of sp³-hybridized carbons (Fsp3) is 0.353. The van der Waals surface area contributed by atoms with Crippen molar-refractivity contribution in [3.05, 3.63) is 46.8 Å². The van der Waals surface area contributed by atoms with Gasteiger partial charge in [-0.15, -0.1) is 0 Å². The molecule has 6 nitrogen and oxygen atoms in total. The summed E-state index contributed by atoms with van der Waals surface area (Å²) in [6.45, 7) is 8.00. The fourth-order valence-electron chi connectivity index (χ4n) is 1.78. The number of pyridine rings is 1. The van der Waals surface area contributed by atoms with Crippen molar-refractivity contribution in [1.82, 2.24) is 4.98 Å². The van der Waals surface area contributed by atoms with Crippen LogP contribution in [0.4, 0.5) is 5.69 Å². The molecule has 0 atom stereocenters. The monoisotopic (exact) mass is 320 g/mol. The Kier molecular flexibility index (Phi) is 9.75. The molecule has 0 spiro atoms. The van der Waals surface area contributed by atoms with Crippen molar-refractivity contribution in [2.75, 3.05) is 14.2 Å². The fourth-order valence-corrected chi connectivity index (χ4v) is 1.78. The number of rotatable bonds is 4. The molecule has 0 aliphatic heterocycles. The Bertz CT molecular complexity index is 615. The molecular weight excluding hydrogens is 296 g/mol. The second-order valence-electron chi connectivity index (χ2n) is 3.72. The number of hydrogen-bond donors (Lipinski definition) is 0. The summed E-state index contributed by atoms with van der Waals surface area (Å²) in [5, 5.41) is 11.0. The van der Waals surface area contributed by atoms with Crippen LogP contribution in [0, 0.1) is 10.1 Å². The Morgan fingerprint density at radius 3 is 2.13 bits per heavy atom. The number of hydrogen-bond acceptors (Lipinski definition) is 5. The van der Waals surface area contributed by atoms with Gasteiger partial charge in [0.05, 0.1) is 24.7 Å². The molecule has 0 fully saturated rings. The predicted octanol–water partition coefficient (Wildman–Crippen LogP) is 4.73. The van der Waals surface area contributed by atoms with E-state index in [1.807, 2.05) is 27.7 Å². The normalized spacial score (nSPS) is 8.78. The molecule has 0 aliphatic rings. The van der Waals surface area contributed by atoms with Crippen molar-refractivity contribution in [3.8, 4) is 22.6 Å². The summed E-state index contributed by atoms with van der Waals surface area (Å²) >= 11 is 0. The number of ether oxygens (including phenoxy) is 2. The Labute approximate surface area is 137 Å². The minimum atomic E-state index is -0.459. The molecule has 23 heavy (non-hydrogen) atoms. The molecule has 0 N–H and O–H groups in total. The Hall–Kier alpha value is -2.63. The Morgan fingerprint density at radius 1 is 1.00 bits per heavy atom. The van der Waals surface area contributed by atoms with Crippen LogP contribution in [0.25, 0.3) is 11.1 Å². The minimum absolute atomic E-state index is 0.0466. The molecule has 0 aliphatic carbocycles. The van der Waals surface area contributed by atoms with Crippen LogP contribution < -0.4 is 9.47 Å². The molecule has 0 saturated carbocycles. The summed E-state index contributed by atoms with van der Waals surface area (Å²) in [5.74, 6) is 1.09. The summed E-state index contributed by atoms with van der Waals surface area (Å²) in [4.78, 5) is 14.3. The van der Waals surface area contributed by atoms with Crippen LogP contribution in [-0.4, -0.2) is 24.1 Å². The smallest absolute Gasteiger partial charge is 0.295 e. The van der Waals surface area contributed by atoms with E-state index in [0.29, 0.717) is 22.6 Å².